The van der Waals surface area contributed by atoms with E-state index in [-0.39, 0.29) is 22.9 Å². The number of amides is 1. The van der Waals surface area contributed by atoms with Gasteiger partial charge in [-0.1, -0.05) is 76.2 Å². The third kappa shape index (κ3) is 5.31. The lowest BCUT2D eigenvalue weighted by molar-refractivity contribution is -0.132. The van der Waals surface area contributed by atoms with Gasteiger partial charge in [-0.05, 0) is 66.6 Å². The molecule has 37 heavy (non-hydrogen) atoms. The van der Waals surface area contributed by atoms with E-state index in [1.807, 2.05) is 50.2 Å². The van der Waals surface area contributed by atoms with E-state index in [1.54, 1.807) is 36.4 Å². The summed E-state index contributed by atoms with van der Waals surface area (Å²) in [6, 6.07) is 21.7. The highest BCUT2D eigenvalue weighted by Crippen LogP contribution is 2.43. The fourth-order valence-corrected chi connectivity index (χ4v) is 4.59. The van der Waals surface area contributed by atoms with Gasteiger partial charge in [-0.3, -0.25) is 14.5 Å². The molecule has 5 heteroatoms. The summed E-state index contributed by atoms with van der Waals surface area (Å²) in [5.41, 5.74) is 4.11. The first-order valence-corrected chi connectivity index (χ1v) is 12.8. The lowest BCUT2D eigenvalue weighted by atomic mass is 9.85. The molecule has 1 amide bonds. The highest BCUT2D eigenvalue weighted by atomic mass is 16.5. The fourth-order valence-electron chi connectivity index (χ4n) is 4.59. The molecule has 1 fully saturated rings. The summed E-state index contributed by atoms with van der Waals surface area (Å²) < 4.78 is 5.75. The molecule has 1 atom stereocenters. The van der Waals surface area contributed by atoms with Crippen molar-refractivity contribution in [3.05, 3.63) is 101 Å². The molecule has 0 aliphatic carbocycles. The predicted octanol–water partition coefficient (Wildman–Crippen LogP) is 6.96. The zero-order chi connectivity index (χ0) is 26.9. The fraction of sp³-hybridized carbons (Fsp3) is 0.312. The monoisotopic (exact) mass is 497 g/mol. The van der Waals surface area contributed by atoms with Crippen LogP contribution in [0.1, 0.15) is 69.8 Å². The van der Waals surface area contributed by atoms with Gasteiger partial charge < -0.3 is 9.84 Å². The molecule has 1 aliphatic heterocycles. The average Bonchev–Trinajstić information content (AvgIpc) is 3.13. The van der Waals surface area contributed by atoms with E-state index in [0.29, 0.717) is 17.0 Å². The third-order valence-corrected chi connectivity index (χ3v) is 6.66. The number of rotatable bonds is 6. The minimum atomic E-state index is -0.767. The maximum atomic E-state index is 13.4. The number of hydrogen-bond donors (Lipinski definition) is 1. The smallest absolute Gasteiger partial charge is 0.300 e. The van der Waals surface area contributed by atoms with Crippen molar-refractivity contribution in [2.24, 2.45) is 0 Å². The lowest BCUT2D eigenvalue weighted by Gasteiger charge is -2.27. The number of benzene rings is 3. The van der Waals surface area contributed by atoms with Crippen molar-refractivity contribution in [1.29, 1.82) is 0 Å². The Morgan fingerprint density at radius 2 is 1.51 bits per heavy atom. The zero-order valence-corrected chi connectivity index (χ0v) is 22.4. The number of ketones is 1. The number of nitrogens with zero attached hydrogens (tertiary/aromatic N) is 1. The second-order valence-corrected chi connectivity index (χ2v) is 10.8. The van der Waals surface area contributed by atoms with Crippen molar-refractivity contribution >= 4 is 23.1 Å². The first kappa shape index (κ1) is 26.2. The summed E-state index contributed by atoms with van der Waals surface area (Å²) in [5, 5.41) is 11.4. The molecular formula is C32H35NO4. The van der Waals surface area contributed by atoms with E-state index < -0.39 is 17.7 Å². The Kier molecular flexibility index (Phi) is 7.26. The Balaban J connectivity index is 1.86. The van der Waals surface area contributed by atoms with E-state index in [2.05, 4.69) is 27.7 Å². The zero-order valence-electron chi connectivity index (χ0n) is 22.4. The molecule has 1 N–H and O–H groups in total. The summed E-state index contributed by atoms with van der Waals surface area (Å²) in [6.07, 6.45) is 0.878. The van der Waals surface area contributed by atoms with Crippen molar-refractivity contribution in [3.8, 4) is 5.75 Å². The molecule has 1 aliphatic rings. The molecule has 0 bridgehead atoms. The SMILES string of the molecule is CCc1ccc(/C(O)=C2/C(=O)C(=O)N(c3ccc(OC(C)C)cc3)C2c2ccc(C(C)(C)C)cc2)cc1. The number of anilines is 1. The third-order valence-electron chi connectivity index (χ3n) is 6.66. The molecule has 192 valence electrons. The van der Waals surface area contributed by atoms with Crippen molar-refractivity contribution in [2.45, 2.75) is 65.5 Å². The van der Waals surface area contributed by atoms with Gasteiger partial charge in [0, 0.05) is 11.3 Å². The van der Waals surface area contributed by atoms with Crippen LogP contribution in [-0.4, -0.2) is 22.9 Å². The summed E-state index contributed by atoms with van der Waals surface area (Å²) in [7, 11) is 0. The Bertz CT molecular complexity index is 1310. The predicted molar refractivity (Wildman–Crippen MR) is 148 cm³/mol. The van der Waals surface area contributed by atoms with E-state index >= 15 is 0 Å². The quantitative estimate of drug-likeness (QED) is 0.227. The van der Waals surface area contributed by atoms with Crippen LogP contribution < -0.4 is 9.64 Å². The number of carbonyl (C=O) groups is 2. The number of aliphatic hydroxyl groups is 1. The number of ether oxygens (including phenoxy) is 1. The molecule has 1 saturated heterocycles. The summed E-state index contributed by atoms with van der Waals surface area (Å²) in [5.74, 6) is -0.871. The maximum Gasteiger partial charge on any atom is 0.300 e. The highest BCUT2D eigenvalue weighted by Gasteiger charge is 2.47. The van der Waals surface area contributed by atoms with E-state index in [1.165, 1.54) is 4.90 Å². The van der Waals surface area contributed by atoms with Crippen molar-refractivity contribution in [1.82, 2.24) is 0 Å². The van der Waals surface area contributed by atoms with Crippen LogP contribution in [0, 0.1) is 0 Å². The topological polar surface area (TPSA) is 66.8 Å². The van der Waals surface area contributed by atoms with Crippen LogP contribution in [0.25, 0.3) is 5.76 Å². The van der Waals surface area contributed by atoms with Crippen LogP contribution in [0.15, 0.2) is 78.4 Å². The Morgan fingerprint density at radius 1 is 0.919 bits per heavy atom. The van der Waals surface area contributed by atoms with Gasteiger partial charge >= 0.3 is 0 Å². The van der Waals surface area contributed by atoms with Gasteiger partial charge in [0.25, 0.3) is 11.7 Å². The molecule has 5 nitrogen and oxygen atoms in total. The summed E-state index contributed by atoms with van der Waals surface area (Å²) in [4.78, 5) is 28.3. The second kappa shape index (κ2) is 10.3. The number of hydrogen-bond acceptors (Lipinski definition) is 4. The molecule has 0 radical (unpaired) electrons. The van der Waals surface area contributed by atoms with Crippen LogP contribution in [0.3, 0.4) is 0 Å². The Morgan fingerprint density at radius 3 is 2.03 bits per heavy atom. The van der Waals surface area contributed by atoms with Crippen LogP contribution >= 0.6 is 0 Å². The van der Waals surface area contributed by atoms with E-state index in [0.717, 1.165) is 23.1 Å². The molecule has 4 rings (SSSR count). The van der Waals surface area contributed by atoms with Gasteiger partial charge in [0.1, 0.15) is 11.5 Å². The first-order chi connectivity index (χ1) is 17.5. The normalized spacial score (nSPS) is 17.5. The van der Waals surface area contributed by atoms with Crippen molar-refractivity contribution < 1.29 is 19.4 Å². The molecule has 0 aromatic heterocycles. The summed E-state index contributed by atoms with van der Waals surface area (Å²) >= 11 is 0. The average molecular weight is 498 g/mol. The Labute approximate surface area is 219 Å². The van der Waals surface area contributed by atoms with Gasteiger partial charge in [0.2, 0.25) is 0 Å². The highest BCUT2D eigenvalue weighted by molar-refractivity contribution is 6.51. The maximum absolute atomic E-state index is 13.4. The first-order valence-electron chi connectivity index (χ1n) is 12.8. The molecule has 1 heterocycles. The van der Waals surface area contributed by atoms with Gasteiger partial charge in [0.15, 0.2) is 0 Å². The van der Waals surface area contributed by atoms with Crippen molar-refractivity contribution in [2.75, 3.05) is 4.90 Å². The number of aliphatic hydroxyl groups excluding tert-OH is 1. The van der Waals surface area contributed by atoms with Crippen LogP contribution in [-0.2, 0) is 21.4 Å². The van der Waals surface area contributed by atoms with E-state index in [4.69, 9.17) is 4.74 Å². The van der Waals surface area contributed by atoms with Gasteiger partial charge in [-0.15, -0.1) is 0 Å². The van der Waals surface area contributed by atoms with Crippen molar-refractivity contribution in [3.63, 3.8) is 0 Å². The second-order valence-electron chi connectivity index (χ2n) is 10.8. The minimum Gasteiger partial charge on any atom is -0.507 e. The standard InChI is InChI=1S/C32H35NO4/c1-7-21-8-10-23(11-9-21)29(34)27-28(22-12-14-24(15-13-22)32(4,5)6)33(31(36)30(27)35)25-16-18-26(19-17-25)37-20(2)3/h8-20,28,34H,7H2,1-6H3/b29-27-. The summed E-state index contributed by atoms with van der Waals surface area (Å²) in [6.45, 7) is 12.3. The van der Waals surface area contributed by atoms with Crippen LogP contribution in [0.4, 0.5) is 5.69 Å². The molecular weight excluding hydrogens is 462 g/mol. The molecule has 3 aromatic carbocycles. The largest absolute Gasteiger partial charge is 0.507 e. The van der Waals surface area contributed by atoms with Gasteiger partial charge in [0.05, 0.1) is 17.7 Å². The van der Waals surface area contributed by atoms with E-state index in [9.17, 15) is 14.7 Å². The Hall–Kier alpha value is -3.86. The minimum absolute atomic E-state index is 0.0144. The van der Waals surface area contributed by atoms with Crippen LogP contribution in [0.2, 0.25) is 0 Å². The van der Waals surface area contributed by atoms with Crippen LogP contribution in [0.5, 0.6) is 5.75 Å². The molecule has 3 aromatic rings. The number of aryl methyl sites for hydroxylation is 1. The molecule has 1 unspecified atom stereocenters. The molecule has 0 saturated carbocycles. The molecule has 0 spiro atoms. The number of carbonyl (C=O) groups excluding carboxylic acids is 2. The van der Waals surface area contributed by atoms with Gasteiger partial charge in [-0.2, -0.15) is 0 Å². The van der Waals surface area contributed by atoms with Gasteiger partial charge in [-0.25, -0.2) is 0 Å². The number of Topliss-reactive ketones (excluding diaryl/α,β-unsaturated/α-hetero) is 1. The lowest BCUT2D eigenvalue weighted by Crippen LogP contribution is -2.29.